The summed E-state index contributed by atoms with van der Waals surface area (Å²) in [5.41, 5.74) is 0.369. The molecule has 0 aromatic carbocycles. The van der Waals surface area contributed by atoms with Gasteiger partial charge in [0.05, 0.1) is 6.10 Å². The molecule has 0 bridgehead atoms. The minimum Gasteiger partial charge on any atom is -0.377 e. The van der Waals surface area contributed by atoms with Gasteiger partial charge in [0.2, 0.25) is 0 Å². The van der Waals surface area contributed by atoms with E-state index in [1.54, 1.807) is 0 Å². The molecule has 1 fully saturated rings. The van der Waals surface area contributed by atoms with Crippen molar-refractivity contribution in [2.24, 2.45) is 11.3 Å². The first-order valence-electron chi connectivity index (χ1n) is 6.87. The fourth-order valence-corrected chi connectivity index (χ4v) is 3.45. The maximum atomic E-state index is 5.73. The van der Waals surface area contributed by atoms with Crippen molar-refractivity contribution in [2.45, 2.75) is 46.6 Å². The van der Waals surface area contributed by atoms with Gasteiger partial charge in [0.25, 0.3) is 0 Å². The van der Waals surface area contributed by atoms with Gasteiger partial charge in [0, 0.05) is 25.0 Å². The lowest BCUT2D eigenvalue weighted by Crippen LogP contribution is -2.40. The molecule has 1 aliphatic heterocycles. The summed E-state index contributed by atoms with van der Waals surface area (Å²) in [6.45, 7) is 13.6. The number of rotatable bonds is 6. The fourth-order valence-electron chi connectivity index (χ4n) is 2.27. The van der Waals surface area contributed by atoms with E-state index < -0.39 is 0 Å². The highest BCUT2D eigenvalue weighted by Crippen LogP contribution is 2.28. The van der Waals surface area contributed by atoms with Crippen LogP contribution in [0, 0.1) is 11.3 Å². The highest BCUT2D eigenvalue weighted by atomic mass is 79.9. The molecule has 1 aliphatic rings. The maximum Gasteiger partial charge on any atom is 0.0702 e. The fraction of sp³-hybridized carbons (Fsp3) is 1.00. The van der Waals surface area contributed by atoms with Crippen molar-refractivity contribution in [2.75, 3.05) is 31.6 Å². The largest absolute Gasteiger partial charge is 0.377 e. The Labute approximate surface area is 115 Å². The van der Waals surface area contributed by atoms with Gasteiger partial charge in [-0.1, -0.05) is 43.6 Å². The predicted molar refractivity (Wildman–Crippen MR) is 77.8 cm³/mol. The number of hydrogen-bond donors (Lipinski definition) is 0. The van der Waals surface area contributed by atoms with Crippen LogP contribution in [-0.4, -0.2) is 42.6 Å². The molecule has 2 unspecified atom stereocenters. The van der Waals surface area contributed by atoms with E-state index >= 15 is 0 Å². The Morgan fingerprint density at radius 2 is 2.12 bits per heavy atom. The molecular weight excluding hydrogens is 278 g/mol. The second-order valence-corrected chi connectivity index (χ2v) is 6.85. The molecule has 0 N–H and O–H groups in total. The van der Waals surface area contributed by atoms with E-state index in [-0.39, 0.29) is 0 Å². The Hall–Kier alpha value is 0.400. The van der Waals surface area contributed by atoms with E-state index in [9.17, 15) is 0 Å². The van der Waals surface area contributed by atoms with Crippen molar-refractivity contribution in [3.63, 3.8) is 0 Å². The lowest BCUT2D eigenvalue weighted by Gasteiger charge is -2.34. The van der Waals surface area contributed by atoms with Crippen molar-refractivity contribution in [3.05, 3.63) is 0 Å². The third-order valence-electron chi connectivity index (χ3n) is 3.82. The topological polar surface area (TPSA) is 12.5 Å². The number of alkyl halides is 1. The van der Waals surface area contributed by atoms with Crippen molar-refractivity contribution in [3.8, 4) is 0 Å². The normalized spacial score (nSPS) is 23.3. The van der Waals surface area contributed by atoms with Crippen LogP contribution in [0.25, 0.3) is 0 Å². The summed E-state index contributed by atoms with van der Waals surface area (Å²) in [5.74, 6) is 0.698. The average Bonchev–Trinajstić information content (AvgIpc) is 2.74. The van der Waals surface area contributed by atoms with Crippen LogP contribution in [0.1, 0.15) is 40.5 Å². The van der Waals surface area contributed by atoms with Gasteiger partial charge in [-0.2, -0.15) is 0 Å². The quantitative estimate of drug-likeness (QED) is 0.696. The van der Waals surface area contributed by atoms with Gasteiger partial charge < -0.3 is 9.64 Å². The summed E-state index contributed by atoms with van der Waals surface area (Å²) in [7, 11) is 0. The number of halogens is 1. The van der Waals surface area contributed by atoms with Gasteiger partial charge in [-0.15, -0.1) is 0 Å². The Bertz CT molecular complexity index is 209. The van der Waals surface area contributed by atoms with Crippen LogP contribution in [0.3, 0.4) is 0 Å². The minimum absolute atomic E-state index is 0.369. The van der Waals surface area contributed by atoms with E-state index in [0.29, 0.717) is 17.4 Å². The van der Waals surface area contributed by atoms with Crippen molar-refractivity contribution in [1.29, 1.82) is 0 Å². The standard InChI is InChI=1S/C14H28BrNO/c1-5-16(11-13-7-6-8-17-13)10-12(9-15)14(2,3)4/h12-13H,5-11H2,1-4H3. The van der Waals surface area contributed by atoms with Crippen LogP contribution in [0.5, 0.6) is 0 Å². The van der Waals surface area contributed by atoms with Crippen LogP contribution < -0.4 is 0 Å². The molecule has 0 spiro atoms. The number of nitrogens with zero attached hydrogens (tertiary/aromatic N) is 1. The molecule has 2 atom stereocenters. The second-order valence-electron chi connectivity index (χ2n) is 6.20. The zero-order chi connectivity index (χ0) is 12.9. The Balaban J connectivity index is 2.43. The molecule has 102 valence electrons. The van der Waals surface area contributed by atoms with Crippen LogP contribution in [0.2, 0.25) is 0 Å². The van der Waals surface area contributed by atoms with Crippen molar-refractivity contribution in [1.82, 2.24) is 4.90 Å². The number of ether oxygens (including phenoxy) is 1. The van der Waals surface area contributed by atoms with Crippen LogP contribution >= 0.6 is 15.9 Å². The van der Waals surface area contributed by atoms with E-state index in [0.717, 1.165) is 25.0 Å². The molecular formula is C14H28BrNO. The predicted octanol–water partition coefficient (Wildman–Crippen LogP) is 3.54. The van der Waals surface area contributed by atoms with E-state index in [1.165, 1.54) is 19.4 Å². The number of likely N-dealkylation sites (N-methyl/N-ethyl adjacent to an activating group) is 1. The van der Waals surface area contributed by atoms with Gasteiger partial charge in [0.15, 0.2) is 0 Å². The lowest BCUT2D eigenvalue weighted by molar-refractivity contribution is 0.0623. The zero-order valence-electron chi connectivity index (χ0n) is 11.8. The molecule has 1 saturated heterocycles. The summed E-state index contributed by atoms with van der Waals surface area (Å²) in [6.07, 6.45) is 2.96. The highest BCUT2D eigenvalue weighted by Gasteiger charge is 2.27. The van der Waals surface area contributed by atoms with E-state index in [2.05, 4.69) is 48.5 Å². The first kappa shape index (κ1) is 15.5. The summed E-state index contributed by atoms with van der Waals surface area (Å²) in [6, 6.07) is 0. The lowest BCUT2D eigenvalue weighted by atomic mass is 9.81. The smallest absolute Gasteiger partial charge is 0.0702 e. The van der Waals surface area contributed by atoms with E-state index in [1.807, 2.05) is 0 Å². The molecule has 2 nitrogen and oxygen atoms in total. The van der Waals surface area contributed by atoms with Crippen molar-refractivity contribution < 1.29 is 4.74 Å². The van der Waals surface area contributed by atoms with Gasteiger partial charge in [-0.3, -0.25) is 0 Å². The monoisotopic (exact) mass is 305 g/mol. The van der Waals surface area contributed by atoms with Gasteiger partial charge in [-0.25, -0.2) is 0 Å². The van der Waals surface area contributed by atoms with Crippen LogP contribution in [0.15, 0.2) is 0 Å². The molecule has 1 heterocycles. The highest BCUT2D eigenvalue weighted by molar-refractivity contribution is 9.09. The molecule has 0 amide bonds. The van der Waals surface area contributed by atoms with Gasteiger partial charge in [-0.05, 0) is 30.7 Å². The molecule has 0 saturated carbocycles. The van der Waals surface area contributed by atoms with Crippen LogP contribution in [-0.2, 0) is 4.74 Å². The Morgan fingerprint density at radius 3 is 2.53 bits per heavy atom. The number of hydrogen-bond acceptors (Lipinski definition) is 2. The molecule has 1 rings (SSSR count). The Kier molecular flexibility index (Phi) is 6.46. The molecule has 0 aromatic rings. The molecule has 0 aliphatic carbocycles. The SMILES string of the molecule is CCN(CC1CCCO1)CC(CBr)C(C)(C)C. The first-order chi connectivity index (χ1) is 7.97. The van der Waals surface area contributed by atoms with Crippen molar-refractivity contribution >= 4 is 15.9 Å². The summed E-state index contributed by atoms with van der Waals surface area (Å²) in [5, 5.41) is 1.08. The van der Waals surface area contributed by atoms with Gasteiger partial charge >= 0.3 is 0 Å². The van der Waals surface area contributed by atoms with Gasteiger partial charge in [0.1, 0.15) is 0 Å². The maximum absolute atomic E-state index is 5.73. The minimum atomic E-state index is 0.369. The van der Waals surface area contributed by atoms with Crippen LogP contribution in [0.4, 0.5) is 0 Å². The molecule has 17 heavy (non-hydrogen) atoms. The first-order valence-corrected chi connectivity index (χ1v) is 7.99. The third kappa shape index (κ3) is 5.27. The third-order valence-corrected chi connectivity index (χ3v) is 4.60. The Morgan fingerprint density at radius 1 is 1.41 bits per heavy atom. The average molecular weight is 306 g/mol. The molecule has 3 heteroatoms. The summed E-state index contributed by atoms with van der Waals surface area (Å²) in [4.78, 5) is 2.55. The van der Waals surface area contributed by atoms with E-state index in [4.69, 9.17) is 4.74 Å². The molecule has 0 radical (unpaired) electrons. The second kappa shape index (κ2) is 7.10. The summed E-state index contributed by atoms with van der Waals surface area (Å²) >= 11 is 3.66. The molecule has 0 aromatic heterocycles. The summed E-state index contributed by atoms with van der Waals surface area (Å²) < 4.78 is 5.73. The zero-order valence-corrected chi connectivity index (χ0v) is 13.4.